The van der Waals surface area contributed by atoms with Crippen molar-refractivity contribution in [2.24, 2.45) is 0 Å². The standard InChI is InChI=1S/C13H15ClO4S/c14-9-1-2-12-10(7-9)11(15)8-13(18-12)3-5-19(16,17)6-4-13/h1-2,7,11,15H,3-6,8H2/t11-/m1/s1. The lowest BCUT2D eigenvalue weighted by Gasteiger charge is -2.43. The first kappa shape index (κ1) is 13.2. The number of aliphatic hydroxyl groups excluding tert-OH is 1. The summed E-state index contributed by atoms with van der Waals surface area (Å²) in [5.41, 5.74) is 0.137. The van der Waals surface area contributed by atoms with Crippen LogP contribution < -0.4 is 4.74 Å². The number of hydrogen-bond donors (Lipinski definition) is 1. The summed E-state index contributed by atoms with van der Waals surface area (Å²) in [6.45, 7) is 0. The summed E-state index contributed by atoms with van der Waals surface area (Å²) in [5.74, 6) is 0.869. The predicted octanol–water partition coefficient (Wildman–Crippen LogP) is 2.10. The van der Waals surface area contributed by atoms with E-state index in [9.17, 15) is 13.5 Å². The van der Waals surface area contributed by atoms with Crippen molar-refractivity contribution in [2.75, 3.05) is 11.5 Å². The van der Waals surface area contributed by atoms with Crippen molar-refractivity contribution in [1.29, 1.82) is 0 Å². The molecular formula is C13H15ClO4S. The van der Waals surface area contributed by atoms with E-state index in [0.717, 1.165) is 0 Å². The SMILES string of the molecule is O=S1(=O)CCC2(CC1)C[C@@H](O)c1cc(Cl)ccc1O2. The molecule has 0 unspecified atom stereocenters. The highest BCUT2D eigenvalue weighted by Crippen LogP contribution is 2.45. The van der Waals surface area contributed by atoms with Gasteiger partial charge in [0.05, 0.1) is 17.6 Å². The predicted molar refractivity (Wildman–Crippen MR) is 72.3 cm³/mol. The van der Waals surface area contributed by atoms with Crippen LogP contribution in [-0.2, 0) is 9.84 Å². The van der Waals surface area contributed by atoms with Gasteiger partial charge in [-0.2, -0.15) is 0 Å². The second-order valence-electron chi connectivity index (χ2n) is 5.34. The van der Waals surface area contributed by atoms with Gasteiger partial charge in [-0.15, -0.1) is 0 Å². The molecule has 4 nitrogen and oxygen atoms in total. The van der Waals surface area contributed by atoms with Gasteiger partial charge >= 0.3 is 0 Å². The first-order chi connectivity index (χ1) is 8.89. The Morgan fingerprint density at radius 1 is 1.32 bits per heavy atom. The van der Waals surface area contributed by atoms with Crippen molar-refractivity contribution >= 4 is 21.4 Å². The fraction of sp³-hybridized carbons (Fsp3) is 0.538. The molecule has 1 saturated heterocycles. The highest BCUT2D eigenvalue weighted by molar-refractivity contribution is 7.91. The number of sulfone groups is 1. The monoisotopic (exact) mass is 302 g/mol. The molecule has 19 heavy (non-hydrogen) atoms. The maximum Gasteiger partial charge on any atom is 0.150 e. The molecule has 2 aliphatic rings. The summed E-state index contributed by atoms with van der Waals surface area (Å²) in [5, 5.41) is 10.8. The van der Waals surface area contributed by atoms with E-state index < -0.39 is 21.5 Å². The molecule has 2 aliphatic heterocycles. The number of halogens is 1. The Balaban J connectivity index is 1.91. The molecule has 0 amide bonds. The van der Waals surface area contributed by atoms with Crippen LogP contribution in [0.4, 0.5) is 0 Å². The summed E-state index contributed by atoms with van der Waals surface area (Å²) in [4.78, 5) is 0. The van der Waals surface area contributed by atoms with E-state index in [4.69, 9.17) is 16.3 Å². The summed E-state index contributed by atoms with van der Waals surface area (Å²) >= 11 is 5.91. The number of hydrogen-bond acceptors (Lipinski definition) is 4. The smallest absolute Gasteiger partial charge is 0.150 e. The largest absolute Gasteiger partial charge is 0.487 e. The summed E-state index contributed by atoms with van der Waals surface area (Å²) in [6, 6.07) is 5.16. The zero-order valence-electron chi connectivity index (χ0n) is 10.3. The molecule has 1 atom stereocenters. The van der Waals surface area contributed by atoms with Gasteiger partial charge in [-0.25, -0.2) is 8.42 Å². The topological polar surface area (TPSA) is 63.6 Å². The number of aliphatic hydroxyl groups is 1. The molecule has 1 aromatic carbocycles. The van der Waals surface area contributed by atoms with Crippen LogP contribution in [0.2, 0.25) is 5.02 Å². The zero-order valence-corrected chi connectivity index (χ0v) is 11.9. The van der Waals surface area contributed by atoms with E-state index in [0.29, 0.717) is 35.6 Å². The first-order valence-corrected chi connectivity index (χ1v) is 8.46. The lowest BCUT2D eigenvalue weighted by atomic mass is 9.84. The quantitative estimate of drug-likeness (QED) is 0.797. The fourth-order valence-electron chi connectivity index (χ4n) is 2.83. The zero-order chi connectivity index (χ0) is 13.7. The van der Waals surface area contributed by atoms with Gasteiger partial charge in [-0.1, -0.05) is 11.6 Å². The second kappa shape index (κ2) is 4.36. The molecule has 0 aliphatic carbocycles. The van der Waals surface area contributed by atoms with Crippen LogP contribution in [0.3, 0.4) is 0 Å². The molecule has 2 heterocycles. The molecule has 0 aromatic heterocycles. The number of ether oxygens (including phenoxy) is 1. The molecule has 1 N–H and O–H groups in total. The van der Waals surface area contributed by atoms with Crippen LogP contribution in [-0.4, -0.2) is 30.6 Å². The second-order valence-corrected chi connectivity index (χ2v) is 8.08. The average Bonchev–Trinajstić information content (AvgIpc) is 2.35. The van der Waals surface area contributed by atoms with Gasteiger partial charge in [0.25, 0.3) is 0 Å². The molecule has 0 saturated carbocycles. The Labute approximate surface area is 117 Å². The number of fused-ring (bicyclic) bond motifs is 1. The summed E-state index contributed by atoms with van der Waals surface area (Å²) in [6.07, 6.45) is 0.655. The molecule has 3 rings (SSSR count). The van der Waals surface area contributed by atoms with E-state index in [1.165, 1.54) is 0 Å². The molecule has 1 aromatic rings. The lowest BCUT2D eigenvalue weighted by molar-refractivity contribution is -0.0208. The maximum atomic E-state index is 11.5. The Hall–Kier alpha value is -0.780. The third-order valence-electron chi connectivity index (χ3n) is 3.96. The Morgan fingerprint density at radius 2 is 2.00 bits per heavy atom. The minimum Gasteiger partial charge on any atom is -0.487 e. The molecule has 104 valence electrons. The Morgan fingerprint density at radius 3 is 2.68 bits per heavy atom. The van der Waals surface area contributed by atoms with Gasteiger partial charge in [0.15, 0.2) is 9.84 Å². The van der Waals surface area contributed by atoms with E-state index in [-0.39, 0.29) is 11.5 Å². The van der Waals surface area contributed by atoms with Crippen LogP contribution in [0.15, 0.2) is 18.2 Å². The summed E-state index contributed by atoms with van der Waals surface area (Å²) < 4.78 is 29.0. The van der Waals surface area contributed by atoms with Crippen molar-refractivity contribution in [3.8, 4) is 5.75 Å². The van der Waals surface area contributed by atoms with Crippen molar-refractivity contribution in [3.63, 3.8) is 0 Å². The van der Waals surface area contributed by atoms with Crippen molar-refractivity contribution in [1.82, 2.24) is 0 Å². The van der Waals surface area contributed by atoms with Crippen LogP contribution in [0.5, 0.6) is 5.75 Å². The van der Waals surface area contributed by atoms with Crippen molar-refractivity contribution in [3.05, 3.63) is 28.8 Å². The van der Waals surface area contributed by atoms with Crippen LogP contribution in [0.1, 0.15) is 30.9 Å². The van der Waals surface area contributed by atoms with Gasteiger partial charge in [0.1, 0.15) is 11.4 Å². The van der Waals surface area contributed by atoms with E-state index in [1.54, 1.807) is 18.2 Å². The van der Waals surface area contributed by atoms with Gasteiger partial charge in [0.2, 0.25) is 0 Å². The van der Waals surface area contributed by atoms with Crippen molar-refractivity contribution in [2.45, 2.75) is 31.0 Å². The normalized spacial score (nSPS) is 27.6. The van der Waals surface area contributed by atoms with Gasteiger partial charge in [0, 0.05) is 29.8 Å². The van der Waals surface area contributed by atoms with Gasteiger partial charge in [-0.05, 0) is 18.2 Å². The molecule has 1 fully saturated rings. The van der Waals surface area contributed by atoms with E-state index in [1.807, 2.05) is 0 Å². The van der Waals surface area contributed by atoms with Crippen LogP contribution in [0, 0.1) is 0 Å². The average molecular weight is 303 g/mol. The van der Waals surface area contributed by atoms with Crippen molar-refractivity contribution < 1.29 is 18.3 Å². The molecule has 6 heteroatoms. The Kier molecular flexibility index (Phi) is 3.04. The lowest BCUT2D eigenvalue weighted by Crippen LogP contribution is -2.47. The van der Waals surface area contributed by atoms with E-state index >= 15 is 0 Å². The molecule has 1 spiro atoms. The third kappa shape index (κ3) is 2.47. The van der Waals surface area contributed by atoms with Crippen LogP contribution >= 0.6 is 11.6 Å². The maximum absolute atomic E-state index is 11.5. The summed E-state index contributed by atoms with van der Waals surface area (Å²) in [7, 11) is -2.94. The fourth-order valence-corrected chi connectivity index (χ4v) is 4.58. The molecule has 0 bridgehead atoms. The van der Waals surface area contributed by atoms with Gasteiger partial charge < -0.3 is 9.84 Å². The molecular weight excluding hydrogens is 288 g/mol. The van der Waals surface area contributed by atoms with Crippen LogP contribution in [0.25, 0.3) is 0 Å². The number of benzene rings is 1. The highest BCUT2D eigenvalue weighted by atomic mass is 35.5. The first-order valence-electron chi connectivity index (χ1n) is 6.26. The third-order valence-corrected chi connectivity index (χ3v) is 5.85. The number of rotatable bonds is 0. The Bertz CT molecular complexity index is 597. The molecule has 0 radical (unpaired) electrons. The van der Waals surface area contributed by atoms with Gasteiger partial charge in [-0.3, -0.25) is 0 Å². The van der Waals surface area contributed by atoms with E-state index in [2.05, 4.69) is 0 Å². The minimum absolute atomic E-state index is 0.128. The highest BCUT2D eigenvalue weighted by Gasteiger charge is 2.44. The minimum atomic E-state index is -2.94.